The molecule has 19 N–H and O–H groups in total. The average molecular weight is 1660 g/mol. The summed E-state index contributed by atoms with van der Waals surface area (Å²) in [5.74, 6) is -15.4. The lowest BCUT2D eigenvalue weighted by molar-refractivity contribution is -0.277. The number of rotatable bonds is 18. The second-order valence-corrected chi connectivity index (χ2v) is 33.5. The van der Waals surface area contributed by atoms with Gasteiger partial charge in [0.15, 0.2) is 11.5 Å². The number of fused-ring (bicyclic) bond motifs is 12. The summed E-state index contributed by atoms with van der Waals surface area (Å²) in [6.07, 6.45) is -11.1. The molecule has 6 heterocycles. The highest BCUT2D eigenvalue weighted by molar-refractivity contribution is 7.90. The van der Waals surface area contributed by atoms with Gasteiger partial charge in [0.1, 0.15) is 102 Å². The number of aliphatic hydroxyl groups is 8. The normalized spacial score (nSPS) is 28.7. The maximum absolute atomic E-state index is 16.5. The lowest BCUT2D eigenvalue weighted by atomic mass is 9.54. The lowest BCUT2D eigenvalue weighted by Crippen LogP contribution is -2.60. The van der Waals surface area contributed by atoms with E-state index >= 15 is 28.8 Å². The Hall–Kier alpha value is -9.83. The average Bonchev–Trinajstić information content (AvgIpc) is 1.55. The van der Waals surface area contributed by atoms with Crippen molar-refractivity contribution in [2.24, 2.45) is 29.6 Å². The van der Waals surface area contributed by atoms with Crippen LogP contribution in [0.15, 0.2) is 108 Å². The minimum atomic E-state index is -4.90. The van der Waals surface area contributed by atoms with Crippen LogP contribution in [-0.2, 0) is 58.9 Å². The molecule has 6 aromatic rings. The number of amides is 8. The van der Waals surface area contributed by atoms with E-state index in [-0.39, 0.29) is 93.0 Å². The molecule has 5 aliphatic carbocycles. The number of nitrogens with one attached hydrogen (secondary N) is 10. The van der Waals surface area contributed by atoms with Gasteiger partial charge in [-0.2, -0.15) is 0 Å². The standard InChI is InChI=1S/C79H88Cl2N10O24S/c1-32(2)17-50(83-4)71(100)89-63-65(95)36-6-13-52(48(80)24-36)112-54-26-40-27-55(70(54)115-78-69(99)68(98)67(97)56(31-92)114-78)113-53-14-7-37(25-49(53)81)66(96)64-77(106)88-62(75(104)85-59-38-19-33-18-34(21-38)22-39(59)20-33)45-28-41(93)29-47-58(45)44-23-35(5-12-46(44)79(47,107)108)60(73(102)90-64)87-74(103)61(40)86-72(101)51(84-76(63)105)30-57(94)91-116(109,110)43-10-8-42(9-11-43)111-16-15-82-3/h5-14,23-29,32-34,38-39,50-51,56,59-69,78,82-83,92-93,95-99,107-108H,15-22,30-31H2,1-4H3,(H,84,105)(H,85,104)(H,86,101)(H,87,103)(H,88,106)(H,89,100)(H,90,102)(H,91,94)/t33?,34?,38?,39?,50?,51?,56?,59?,60?,61?,62-,63?,64?,65?,66?,67?,68?,69?,78?/m0/s1. The van der Waals surface area contributed by atoms with Crippen molar-refractivity contribution in [3.05, 3.63) is 152 Å². The van der Waals surface area contributed by atoms with E-state index < -0.39 is 210 Å². The third-order valence-corrected chi connectivity index (χ3v) is 24.7. The van der Waals surface area contributed by atoms with Gasteiger partial charge in [0.25, 0.3) is 10.0 Å². The number of carbonyl (C=O) groups is 8. The largest absolute Gasteiger partial charge is 0.508 e. The molecule has 1 saturated heterocycles. The molecule has 0 aromatic heterocycles. The molecule has 37 heteroatoms. The van der Waals surface area contributed by atoms with Gasteiger partial charge in [0.2, 0.25) is 65.1 Å². The molecular formula is C79H88Cl2N10O24S. The summed E-state index contributed by atoms with van der Waals surface area (Å²) in [5, 5.41) is 129. The Labute approximate surface area is 673 Å². The van der Waals surface area contributed by atoms with Crippen molar-refractivity contribution >= 4 is 80.5 Å². The van der Waals surface area contributed by atoms with Crippen LogP contribution in [0, 0.1) is 29.6 Å². The molecule has 17 rings (SSSR count). The molecule has 15 bridgehead atoms. The van der Waals surface area contributed by atoms with Gasteiger partial charge < -0.3 is 117 Å². The van der Waals surface area contributed by atoms with Gasteiger partial charge >= 0.3 is 0 Å². The van der Waals surface area contributed by atoms with Crippen LogP contribution in [0.25, 0.3) is 11.1 Å². The van der Waals surface area contributed by atoms with Crippen LogP contribution < -0.4 is 71.5 Å². The fraction of sp³-hybridized carbons (Fsp3) is 0.443. The Kier molecular flexibility index (Phi) is 23.7. The van der Waals surface area contributed by atoms with Crippen LogP contribution in [0.2, 0.25) is 10.0 Å². The Morgan fingerprint density at radius 3 is 1.87 bits per heavy atom. The number of hydrogen-bond acceptors (Lipinski definition) is 26. The number of aliphatic hydroxyl groups excluding tert-OH is 6. The minimum absolute atomic E-state index is 0.0688. The number of hydrogen-bond donors (Lipinski definition) is 19. The van der Waals surface area contributed by atoms with Crippen molar-refractivity contribution in [3.63, 3.8) is 0 Å². The summed E-state index contributed by atoms with van der Waals surface area (Å²) >= 11 is 14.2. The lowest BCUT2D eigenvalue weighted by Gasteiger charge is -2.54. The summed E-state index contributed by atoms with van der Waals surface area (Å²) in [4.78, 5) is 124. The van der Waals surface area contributed by atoms with E-state index in [2.05, 4.69) is 47.9 Å². The number of halogens is 2. The third kappa shape index (κ3) is 16.5. The SMILES string of the molecule is CNCCOc1ccc(S(=O)(=O)NC(=O)CC2NC(=O)C(NC(=O)C(CC(C)C)NC)C(O)c3ccc(c(Cl)c3)Oc3cc4cc(c3OC3OC(CO)C(O)C(O)C3O)Oc3ccc(cc3Cl)C(O)C3NC(=O)C(NC(=O)C4NC2=O)c2ccc4c(c2)-c2c(cc(O)cc2C4(O)O)[C@@H](C(=O)NC2C4CC5CC(C4)CC2C5)NC3=O)cc1. The molecule has 618 valence electrons. The molecule has 6 aliphatic heterocycles. The van der Waals surface area contributed by atoms with Gasteiger partial charge in [-0.25, -0.2) is 13.1 Å². The van der Waals surface area contributed by atoms with E-state index in [4.69, 9.17) is 46.9 Å². The third-order valence-electron chi connectivity index (χ3n) is 22.7. The molecule has 5 fully saturated rings. The van der Waals surface area contributed by atoms with E-state index in [1.54, 1.807) is 20.9 Å². The first kappa shape index (κ1) is 82.7. The van der Waals surface area contributed by atoms with Gasteiger partial charge in [-0.1, -0.05) is 61.3 Å². The number of aromatic hydroxyl groups is 1. The molecular weight excluding hydrogens is 1580 g/mol. The van der Waals surface area contributed by atoms with Gasteiger partial charge in [0.05, 0.1) is 34.0 Å². The zero-order valence-corrected chi connectivity index (χ0v) is 65.1. The van der Waals surface area contributed by atoms with Crippen molar-refractivity contribution in [1.82, 2.24) is 52.6 Å². The van der Waals surface area contributed by atoms with Gasteiger partial charge in [-0.15, -0.1) is 0 Å². The van der Waals surface area contributed by atoms with E-state index in [0.29, 0.717) is 18.4 Å². The number of phenolic OH excluding ortho intramolecular Hbond substituents is 1. The Bertz CT molecular complexity index is 4970. The molecule has 8 amide bonds. The Morgan fingerprint density at radius 2 is 1.26 bits per heavy atom. The van der Waals surface area contributed by atoms with Gasteiger partial charge in [-0.3, -0.25) is 38.4 Å². The summed E-state index contributed by atoms with van der Waals surface area (Å²) in [6.45, 7) is 3.25. The van der Waals surface area contributed by atoms with Crippen LogP contribution in [0.5, 0.6) is 40.2 Å². The highest BCUT2D eigenvalue weighted by Gasteiger charge is 2.52. The number of sulfonamides is 1. The van der Waals surface area contributed by atoms with Crippen LogP contribution in [0.3, 0.4) is 0 Å². The van der Waals surface area contributed by atoms with E-state index in [1.165, 1.54) is 55.6 Å². The first-order chi connectivity index (χ1) is 55.2. The first-order valence-electron chi connectivity index (χ1n) is 37.9. The first-order valence-corrected chi connectivity index (χ1v) is 40.1. The van der Waals surface area contributed by atoms with Crippen molar-refractivity contribution < 1.29 is 116 Å². The van der Waals surface area contributed by atoms with Crippen LogP contribution in [0.1, 0.15) is 128 Å². The molecule has 34 nitrogen and oxygen atoms in total. The number of phenols is 1. The number of benzene rings is 6. The van der Waals surface area contributed by atoms with Gasteiger partial charge in [-0.05, 0) is 200 Å². The Morgan fingerprint density at radius 1 is 0.647 bits per heavy atom. The zero-order valence-electron chi connectivity index (χ0n) is 62.7. The van der Waals surface area contributed by atoms with E-state index in [1.807, 2.05) is 4.72 Å². The minimum Gasteiger partial charge on any atom is -0.508 e. The quantitative estimate of drug-likeness (QED) is 0.0427. The fourth-order valence-electron chi connectivity index (χ4n) is 17.1. The summed E-state index contributed by atoms with van der Waals surface area (Å²) in [5.41, 5.74) is -2.33. The fourth-order valence-corrected chi connectivity index (χ4v) is 18.6. The summed E-state index contributed by atoms with van der Waals surface area (Å²) in [6, 6.07) is 4.85. The van der Waals surface area contributed by atoms with Crippen LogP contribution in [-0.4, -0.2) is 196 Å². The predicted octanol–water partition coefficient (Wildman–Crippen LogP) is 1.43. The molecule has 6 aromatic carbocycles. The molecule has 4 saturated carbocycles. The zero-order chi connectivity index (χ0) is 82.8. The summed E-state index contributed by atoms with van der Waals surface area (Å²) < 4.78 is 61.2. The molecule has 13 unspecified atom stereocenters. The highest BCUT2D eigenvalue weighted by Crippen LogP contribution is 2.56. The van der Waals surface area contributed by atoms with E-state index in [9.17, 15) is 64.0 Å². The molecule has 0 radical (unpaired) electrons. The molecule has 116 heavy (non-hydrogen) atoms. The van der Waals surface area contributed by atoms with E-state index in [0.717, 1.165) is 86.7 Å². The highest BCUT2D eigenvalue weighted by atomic mass is 35.5. The second kappa shape index (κ2) is 33.3. The molecule has 11 aliphatic rings. The molecule has 0 spiro atoms. The maximum atomic E-state index is 16.5. The molecule has 14 atom stereocenters. The van der Waals surface area contributed by atoms with Crippen molar-refractivity contribution in [3.8, 4) is 51.4 Å². The number of likely N-dealkylation sites (N-methyl/N-ethyl adjacent to an activating group) is 2. The topological polar surface area (TPSA) is 519 Å². The second-order valence-electron chi connectivity index (χ2n) is 31.0. The Balaban J connectivity index is 0.954. The van der Waals surface area contributed by atoms with Crippen molar-refractivity contribution in [1.29, 1.82) is 0 Å². The van der Waals surface area contributed by atoms with Crippen molar-refractivity contribution in [2.45, 2.75) is 161 Å². The monoisotopic (exact) mass is 1660 g/mol. The van der Waals surface area contributed by atoms with Gasteiger partial charge in [0, 0.05) is 23.7 Å². The smallest absolute Gasteiger partial charge is 0.264 e. The van der Waals surface area contributed by atoms with Crippen LogP contribution >= 0.6 is 23.2 Å². The van der Waals surface area contributed by atoms with Crippen molar-refractivity contribution in [2.75, 3.05) is 33.9 Å². The predicted molar refractivity (Wildman–Crippen MR) is 408 cm³/mol. The number of ether oxygens (including phenoxy) is 5. The van der Waals surface area contributed by atoms with Crippen LogP contribution in [0.4, 0.5) is 0 Å². The summed E-state index contributed by atoms with van der Waals surface area (Å²) in [7, 11) is -1.75. The maximum Gasteiger partial charge on any atom is 0.264 e. The number of carbonyl (C=O) groups excluding carboxylic acids is 8.